The summed E-state index contributed by atoms with van der Waals surface area (Å²) in [5.74, 6) is -1.09. The van der Waals surface area contributed by atoms with Crippen LogP contribution >= 0.6 is 0 Å². The Kier molecular flexibility index (Phi) is 4.09. The van der Waals surface area contributed by atoms with Crippen molar-refractivity contribution < 1.29 is 19.5 Å². The lowest BCUT2D eigenvalue weighted by molar-refractivity contribution is -0.137. The zero-order valence-corrected chi connectivity index (χ0v) is 12.1. The second-order valence-corrected chi connectivity index (χ2v) is 5.62. The summed E-state index contributed by atoms with van der Waals surface area (Å²) in [6.07, 6.45) is 2.02. The summed E-state index contributed by atoms with van der Waals surface area (Å²) in [5, 5.41) is 12.7. The van der Waals surface area contributed by atoms with Gasteiger partial charge in [-0.2, -0.15) is 0 Å². The Balaban J connectivity index is 1.63. The lowest BCUT2D eigenvalue weighted by Gasteiger charge is -2.21. The molecule has 1 fully saturated rings. The van der Waals surface area contributed by atoms with Gasteiger partial charge in [0.15, 0.2) is 6.10 Å². The lowest BCUT2D eigenvalue weighted by Crippen LogP contribution is -2.39. The molecule has 0 saturated heterocycles. The molecule has 0 spiro atoms. The summed E-state index contributed by atoms with van der Waals surface area (Å²) in [7, 11) is 0. The van der Waals surface area contributed by atoms with Gasteiger partial charge in [-0.15, -0.1) is 0 Å². The van der Waals surface area contributed by atoms with Crippen LogP contribution in [0.5, 0.6) is 0 Å². The van der Waals surface area contributed by atoms with Crippen LogP contribution < -0.4 is 0 Å². The Morgan fingerprint density at radius 1 is 1.27 bits per heavy atom. The van der Waals surface area contributed by atoms with E-state index in [2.05, 4.69) is 5.16 Å². The summed E-state index contributed by atoms with van der Waals surface area (Å²) in [5.41, 5.74) is 1.36. The van der Waals surface area contributed by atoms with Crippen molar-refractivity contribution in [2.45, 2.75) is 37.8 Å². The third kappa shape index (κ3) is 3.27. The molecule has 1 aromatic rings. The first kappa shape index (κ1) is 14.6. The van der Waals surface area contributed by atoms with Gasteiger partial charge >= 0.3 is 5.97 Å². The Morgan fingerprint density at radius 2 is 2.00 bits per heavy atom. The third-order valence-electron chi connectivity index (χ3n) is 3.90. The Labute approximate surface area is 128 Å². The third-order valence-corrected chi connectivity index (χ3v) is 3.90. The maximum absolute atomic E-state index is 12.5. The number of carboxylic acid groups (broad SMARTS) is 1. The van der Waals surface area contributed by atoms with E-state index < -0.39 is 5.97 Å². The molecule has 1 amide bonds. The minimum Gasteiger partial charge on any atom is -0.481 e. The summed E-state index contributed by atoms with van der Waals surface area (Å²) >= 11 is 0. The minimum absolute atomic E-state index is 0.0432. The fourth-order valence-electron chi connectivity index (χ4n) is 2.57. The predicted molar refractivity (Wildman–Crippen MR) is 79.3 cm³/mol. The molecule has 1 aromatic carbocycles. The number of hydrogen-bond acceptors (Lipinski definition) is 4. The summed E-state index contributed by atoms with van der Waals surface area (Å²) in [6, 6.07) is 9.80. The van der Waals surface area contributed by atoms with Crippen molar-refractivity contribution in [1.82, 2.24) is 4.90 Å². The van der Waals surface area contributed by atoms with Crippen molar-refractivity contribution in [1.29, 1.82) is 0 Å². The van der Waals surface area contributed by atoms with Crippen LogP contribution in [0.15, 0.2) is 35.5 Å². The highest BCUT2D eigenvalue weighted by Crippen LogP contribution is 2.31. The second-order valence-electron chi connectivity index (χ2n) is 5.62. The van der Waals surface area contributed by atoms with E-state index in [1.54, 1.807) is 4.90 Å². The minimum atomic E-state index is -0.898. The van der Waals surface area contributed by atoms with Crippen molar-refractivity contribution in [3.63, 3.8) is 0 Å². The first-order valence-corrected chi connectivity index (χ1v) is 7.45. The van der Waals surface area contributed by atoms with Crippen molar-refractivity contribution in [2.75, 3.05) is 6.54 Å². The van der Waals surface area contributed by atoms with Gasteiger partial charge in [-0.25, -0.2) is 0 Å². The fourth-order valence-corrected chi connectivity index (χ4v) is 2.57. The van der Waals surface area contributed by atoms with Crippen molar-refractivity contribution in [3.8, 4) is 0 Å². The van der Waals surface area contributed by atoms with E-state index >= 15 is 0 Å². The average Bonchev–Trinajstić information content (AvgIpc) is 3.23. The number of aliphatic carboxylic acids is 1. The molecule has 0 radical (unpaired) electrons. The Bertz CT molecular complexity index is 595. The smallest absolute Gasteiger partial charge is 0.305 e. The van der Waals surface area contributed by atoms with Crippen LogP contribution in [-0.4, -0.2) is 40.2 Å². The van der Waals surface area contributed by atoms with E-state index in [0.717, 1.165) is 18.4 Å². The van der Waals surface area contributed by atoms with Crippen LogP contribution in [0.1, 0.15) is 37.4 Å². The van der Waals surface area contributed by atoms with Crippen molar-refractivity contribution >= 4 is 17.6 Å². The summed E-state index contributed by atoms with van der Waals surface area (Å²) < 4.78 is 0. The van der Waals surface area contributed by atoms with Gasteiger partial charge in [-0.1, -0.05) is 35.5 Å². The van der Waals surface area contributed by atoms with E-state index in [0.29, 0.717) is 12.1 Å². The molecule has 6 nitrogen and oxygen atoms in total. The van der Waals surface area contributed by atoms with Gasteiger partial charge < -0.3 is 14.8 Å². The van der Waals surface area contributed by atoms with E-state index in [1.165, 1.54) is 0 Å². The average molecular weight is 302 g/mol. The van der Waals surface area contributed by atoms with E-state index in [9.17, 15) is 9.59 Å². The molecule has 1 saturated carbocycles. The zero-order chi connectivity index (χ0) is 15.5. The normalized spacial score (nSPS) is 20.2. The molecule has 0 bridgehead atoms. The fraction of sp³-hybridized carbons (Fsp3) is 0.438. The number of amides is 1. The van der Waals surface area contributed by atoms with Gasteiger partial charge in [0.05, 0.1) is 6.42 Å². The molecule has 1 atom stereocenters. The number of benzene rings is 1. The number of carbonyl (C=O) groups excluding carboxylic acids is 1. The van der Waals surface area contributed by atoms with Crippen LogP contribution in [0.3, 0.4) is 0 Å². The quantitative estimate of drug-likeness (QED) is 0.871. The molecule has 1 aliphatic heterocycles. The van der Waals surface area contributed by atoms with Gasteiger partial charge in [-0.3, -0.25) is 9.59 Å². The number of carboxylic acids is 1. The number of rotatable bonds is 6. The summed E-state index contributed by atoms with van der Waals surface area (Å²) in [4.78, 5) is 30.3. The number of hydrogen-bond donors (Lipinski definition) is 1. The highest BCUT2D eigenvalue weighted by molar-refractivity contribution is 6.39. The van der Waals surface area contributed by atoms with Crippen LogP contribution in [0.4, 0.5) is 0 Å². The van der Waals surface area contributed by atoms with Gasteiger partial charge in [0.1, 0.15) is 5.71 Å². The first-order valence-electron chi connectivity index (χ1n) is 7.45. The molecule has 0 unspecified atom stereocenters. The van der Waals surface area contributed by atoms with E-state index in [-0.39, 0.29) is 31.0 Å². The zero-order valence-electron chi connectivity index (χ0n) is 12.1. The first-order chi connectivity index (χ1) is 10.6. The molecular weight excluding hydrogens is 284 g/mol. The molecule has 3 rings (SSSR count). The highest BCUT2D eigenvalue weighted by atomic mass is 16.6. The maximum Gasteiger partial charge on any atom is 0.305 e. The van der Waals surface area contributed by atoms with Gasteiger partial charge in [0.25, 0.3) is 5.91 Å². The van der Waals surface area contributed by atoms with Gasteiger partial charge in [0, 0.05) is 19.0 Å². The summed E-state index contributed by atoms with van der Waals surface area (Å²) in [6.45, 7) is 0.230. The molecule has 22 heavy (non-hydrogen) atoms. The number of carbonyl (C=O) groups is 2. The highest BCUT2D eigenvalue weighted by Gasteiger charge is 2.37. The van der Waals surface area contributed by atoms with Crippen molar-refractivity contribution in [2.24, 2.45) is 5.16 Å². The molecule has 1 N–H and O–H groups in total. The largest absolute Gasteiger partial charge is 0.481 e. The number of oxime groups is 1. The second kappa shape index (κ2) is 6.17. The van der Waals surface area contributed by atoms with Crippen LogP contribution in [0.25, 0.3) is 0 Å². The topological polar surface area (TPSA) is 79.2 Å². The molecule has 6 heteroatoms. The lowest BCUT2D eigenvalue weighted by atomic mass is 10.0. The van der Waals surface area contributed by atoms with Crippen LogP contribution in [0, 0.1) is 0 Å². The predicted octanol–water partition coefficient (Wildman–Crippen LogP) is 1.97. The molecule has 1 aliphatic carbocycles. The van der Waals surface area contributed by atoms with Gasteiger partial charge in [0.2, 0.25) is 0 Å². The maximum atomic E-state index is 12.5. The molecular formula is C16H18N2O4. The number of nitrogens with zero attached hydrogens (tertiary/aromatic N) is 2. The molecule has 116 valence electrons. The van der Waals surface area contributed by atoms with Crippen LogP contribution in [-0.2, 0) is 14.4 Å². The van der Waals surface area contributed by atoms with Crippen molar-refractivity contribution in [3.05, 3.63) is 35.9 Å². The molecule has 2 aliphatic rings. The SMILES string of the molecule is O=C(O)CCN(C(=O)C1=NO[C@@H](c2ccccc2)C1)C1CC1. The molecule has 1 heterocycles. The van der Waals surface area contributed by atoms with E-state index in [4.69, 9.17) is 9.94 Å². The molecule has 0 aromatic heterocycles. The Hall–Kier alpha value is -2.37. The Morgan fingerprint density at radius 3 is 2.64 bits per heavy atom. The van der Waals surface area contributed by atoms with Crippen LogP contribution in [0.2, 0.25) is 0 Å². The van der Waals surface area contributed by atoms with Gasteiger partial charge in [-0.05, 0) is 18.4 Å². The van der Waals surface area contributed by atoms with E-state index in [1.807, 2.05) is 30.3 Å². The monoisotopic (exact) mass is 302 g/mol. The standard InChI is InChI=1S/C16H18N2O4/c19-15(20)8-9-18(12-6-7-12)16(21)13-10-14(22-17-13)11-4-2-1-3-5-11/h1-5,12,14H,6-10H2,(H,19,20)/t14-/m1/s1.